The molecule has 3 aromatic rings. The number of nitrogens with one attached hydrogen (secondary N) is 1. The highest BCUT2D eigenvalue weighted by molar-refractivity contribution is 9.10. The van der Waals surface area contributed by atoms with E-state index >= 15 is 0 Å². The predicted octanol–water partition coefficient (Wildman–Crippen LogP) is 4.02. The summed E-state index contributed by atoms with van der Waals surface area (Å²) in [7, 11) is 1.64. The van der Waals surface area contributed by atoms with E-state index < -0.39 is 0 Å². The van der Waals surface area contributed by atoms with Crippen molar-refractivity contribution in [2.75, 3.05) is 7.05 Å². The summed E-state index contributed by atoms with van der Waals surface area (Å²) < 4.78 is 1.01. The van der Waals surface area contributed by atoms with Gasteiger partial charge in [-0.25, -0.2) is 4.98 Å². The van der Waals surface area contributed by atoms with E-state index in [1.165, 1.54) is 0 Å². The van der Waals surface area contributed by atoms with Crippen LogP contribution >= 0.6 is 15.9 Å². The van der Waals surface area contributed by atoms with E-state index in [0.29, 0.717) is 5.56 Å². The topological polar surface area (TPSA) is 42.0 Å². The van der Waals surface area contributed by atoms with Crippen LogP contribution in [0.3, 0.4) is 0 Å². The fourth-order valence-corrected chi connectivity index (χ4v) is 2.53. The molecule has 1 N–H and O–H groups in total. The van der Waals surface area contributed by atoms with Gasteiger partial charge in [-0.3, -0.25) is 4.79 Å². The van der Waals surface area contributed by atoms with Gasteiger partial charge in [-0.1, -0.05) is 46.3 Å². The maximum Gasteiger partial charge on any atom is 0.251 e. The molecule has 0 aliphatic heterocycles. The van der Waals surface area contributed by atoms with Crippen molar-refractivity contribution in [2.45, 2.75) is 0 Å². The molecule has 3 rings (SSSR count). The highest BCUT2D eigenvalue weighted by Gasteiger charge is 2.12. The van der Waals surface area contributed by atoms with Crippen molar-refractivity contribution in [2.24, 2.45) is 0 Å². The molecule has 0 spiro atoms. The lowest BCUT2D eigenvalue weighted by Gasteiger charge is -2.09. The van der Waals surface area contributed by atoms with Crippen molar-refractivity contribution >= 4 is 32.7 Å². The maximum absolute atomic E-state index is 12.1. The second kappa shape index (κ2) is 5.66. The van der Waals surface area contributed by atoms with Crippen molar-refractivity contribution in [1.82, 2.24) is 10.3 Å². The molecule has 0 radical (unpaired) electrons. The van der Waals surface area contributed by atoms with E-state index in [-0.39, 0.29) is 5.91 Å². The van der Waals surface area contributed by atoms with Crippen LogP contribution in [0.15, 0.2) is 59.1 Å². The summed E-state index contributed by atoms with van der Waals surface area (Å²) in [6.45, 7) is 0. The van der Waals surface area contributed by atoms with E-state index in [1.54, 1.807) is 7.05 Å². The minimum absolute atomic E-state index is 0.105. The third-order valence-corrected chi connectivity index (χ3v) is 3.86. The number of nitrogens with zero attached hydrogens (tertiary/aromatic N) is 1. The second-order valence-corrected chi connectivity index (χ2v) is 5.57. The van der Waals surface area contributed by atoms with Crippen molar-refractivity contribution < 1.29 is 4.79 Å². The predicted molar refractivity (Wildman–Crippen MR) is 88.3 cm³/mol. The van der Waals surface area contributed by atoms with Crippen LogP contribution in [0.5, 0.6) is 0 Å². The lowest BCUT2D eigenvalue weighted by atomic mass is 10.0. The SMILES string of the molecule is CNC(=O)c1cc(-c2ccc(Br)cc2)nc2ccccc12. The van der Waals surface area contributed by atoms with Gasteiger partial charge >= 0.3 is 0 Å². The van der Waals surface area contributed by atoms with Gasteiger partial charge in [0.2, 0.25) is 0 Å². The highest BCUT2D eigenvalue weighted by Crippen LogP contribution is 2.25. The Morgan fingerprint density at radius 2 is 1.81 bits per heavy atom. The first kappa shape index (κ1) is 13.8. The van der Waals surface area contributed by atoms with Crippen LogP contribution in [0.4, 0.5) is 0 Å². The largest absolute Gasteiger partial charge is 0.355 e. The fourth-order valence-electron chi connectivity index (χ4n) is 2.27. The first-order valence-corrected chi connectivity index (χ1v) is 7.36. The van der Waals surface area contributed by atoms with Gasteiger partial charge < -0.3 is 5.32 Å². The summed E-state index contributed by atoms with van der Waals surface area (Å²) >= 11 is 3.42. The first-order valence-electron chi connectivity index (χ1n) is 6.57. The molecule has 0 atom stereocenters. The smallest absolute Gasteiger partial charge is 0.251 e. The van der Waals surface area contributed by atoms with E-state index in [4.69, 9.17) is 0 Å². The lowest BCUT2D eigenvalue weighted by molar-refractivity contribution is 0.0964. The van der Waals surface area contributed by atoms with Crippen LogP contribution < -0.4 is 5.32 Å². The van der Waals surface area contributed by atoms with E-state index in [0.717, 1.165) is 26.6 Å². The molecule has 0 aliphatic carbocycles. The Bertz CT molecular complexity index is 813. The molecule has 0 saturated carbocycles. The summed E-state index contributed by atoms with van der Waals surface area (Å²) in [6.07, 6.45) is 0. The van der Waals surface area contributed by atoms with Crippen LogP contribution in [0, 0.1) is 0 Å². The maximum atomic E-state index is 12.1. The number of carbonyl (C=O) groups excluding carboxylic acids is 1. The lowest BCUT2D eigenvalue weighted by Crippen LogP contribution is -2.18. The Labute approximate surface area is 131 Å². The number of pyridine rings is 1. The number of halogens is 1. The number of amides is 1. The normalized spacial score (nSPS) is 10.6. The number of para-hydroxylation sites is 1. The van der Waals surface area contributed by atoms with Gasteiger partial charge in [0, 0.05) is 22.5 Å². The first-order chi connectivity index (χ1) is 10.2. The van der Waals surface area contributed by atoms with Crippen molar-refractivity contribution in [3.8, 4) is 11.3 Å². The molecule has 21 heavy (non-hydrogen) atoms. The zero-order chi connectivity index (χ0) is 14.8. The minimum atomic E-state index is -0.105. The Balaban J connectivity index is 2.25. The summed E-state index contributed by atoms with van der Waals surface area (Å²) in [6, 6.07) is 17.4. The van der Waals surface area contributed by atoms with Gasteiger partial charge in [0.25, 0.3) is 5.91 Å². The zero-order valence-corrected chi connectivity index (χ0v) is 13.0. The molecule has 1 aromatic heterocycles. The van der Waals surface area contributed by atoms with Crippen molar-refractivity contribution in [1.29, 1.82) is 0 Å². The quantitative estimate of drug-likeness (QED) is 0.765. The van der Waals surface area contributed by atoms with E-state index in [9.17, 15) is 4.79 Å². The average molecular weight is 341 g/mol. The number of fused-ring (bicyclic) bond motifs is 1. The molecule has 0 saturated heterocycles. The van der Waals surface area contributed by atoms with Gasteiger partial charge in [0.05, 0.1) is 16.8 Å². The van der Waals surface area contributed by atoms with Gasteiger partial charge in [0.15, 0.2) is 0 Å². The van der Waals surface area contributed by atoms with Crippen LogP contribution in [0.2, 0.25) is 0 Å². The molecule has 4 heteroatoms. The molecule has 0 unspecified atom stereocenters. The Hall–Kier alpha value is -2.20. The number of aromatic nitrogens is 1. The summed E-state index contributed by atoms with van der Waals surface area (Å²) in [4.78, 5) is 16.8. The fraction of sp³-hybridized carbons (Fsp3) is 0.0588. The molecule has 0 fully saturated rings. The van der Waals surface area contributed by atoms with Crippen LogP contribution in [0.1, 0.15) is 10.4 Å². The standard InChI is InChI=1S/C17H13BrN2O/c1-19-17(21)14-10-16(11-6-8-12(18)9-7-11)20-15-5-3-2-4-13(14)15/h2-10H,1H3,(H,19,21). The third kappa shape index (κ3) is 2.67. The van der Waals surface area contributed by atoms with Gasteiger partial charge in [-0.05, 0) is 24.3 Å². The van der Waals surface area contributed by atoms with Crippen molar-refractivity contribution in [3.63, 3.8) is 0 Å². The second-order valence-electron chi connectivity index (χ2n) is 4.66. The van der Waals surface area contributed by atoms with Crippen molar-refractivity contribution in [3.05, 3.63) is 64.6 Å². The van der Waals surface area contributed by atoms with Crippen LogP contribution in [-0.2, 0) is 0 Å². The molecule has 1 amide bonds. The van der Waals surface area contributed by atoms with Gasteiger partial charge in [-0.15, -0.1) is 0 Å². The minimum Gasteiger partial charge on any atom is -0.355 e. The van der Waals surface area contributed by atoms with E-state index in [2.05, 4.69) is 26.2 Å². The molecular weight excluding hydrogens is 328 g/mol. The zero-order valence-electron chi connectivity index (χ0n) is 11.4. The highest BCUT2D eigenvalue weighted by atomic mass is 79.9. The number of hydrogen-bond acceptors (Lipinski definition) is 2. The molecule has 0 aliphatic rings. The van der Waals surface area contributed by atoms with Crippen LogP contribution in [0.25, 0.3) is 22.2 Å². The monoisotopic (exact) mass is 340 g/mol. The third-order valence-electron chi connectivity index (χ3n) is 3.33. The molecule has 2 aromatic carbocycles. The molecule has 0 bridgehead atoms. The summed E-state index contributed by atoms with van der Waals surface area (Å²) in [5.74, 6) is -0.105. The Kier molecular flexibility index (Phi) is 3.71. The molecular formula is C17H13BrN2O. The number of hydrogen-bond donors (Lipinski definition) is 1. The molecule has 104 valence electrons. The number of benzene rings is 2. The van der Waals surface area contributed by atoms with Gasteiger partial charge in [-0.2, -0.15) is 0 Å². The number of rotatable bonds is 2. The number of carbonyl (C=O) groups is 1. The van der Waals surface area contributed by atoms with Gasteiger partial charge in [0.1, 0.15) is 0 Å². The van der Waals surface area contributed by atoms with Crippen LogP contribution in [-0.4, -0.2) is 17.9 Å². The molecule has 3 nitrogen and oxygen atoms in total. The molecule has 1 heterocycles. The summed E-state index contributed by atoms with van der Waals surface area (Å²) in [5, 5.41) is 3.55. The van der Waals surface area contributed by atoms with E-state index in [1.807, 2.05) is 54.6 Å². The Morgan fingerprint density at radius 1 is 1.10 bits per heavy atom. The average Bonchev–Trinajstić information content (AvgIpc) is 2.53. The Morgan fingerprint density at radius 3 is 2.52 bits per heavy atom. The summed E-state index contributed by atoms with van der Waals surface area (Å²) in [5.41, 5.74) is 3.23.